The van der Waals surface area contributed by atoms with E-state index in [1.54, 1.807) is 0 Å². The SMILES string of the molecule is CCOC(=O)c1cc(C(C)C)c2nc(NC(C)C)n(C(C)C)c2c1. The van der Waals surface area contributed by atoms with E-state index in [9.17, 15) is 4.79 Å². The van der Waals surface area contributed by atoms with Gasteiger partial charge in [-0.15, -0.1) is 0 Å². The zero-order chi connectivity index (χ0) is 18.0. The molecule has 5 nitrogen and oxygen atoms in total. The molecule has 5 heteroatoms. The molecule has 0 spiro atoms. The number of anilines is 1. The predicted octanol–water partition coefficient (Wildman–Crippen LogP) is 4.74. The fraction of sp³-hybridized carbons (Fsp3) is 0.579. The fourth-order valence-corrected chi connectivity index (χ4v) is 2.88. The molecule has 2 rings (SSSR count). The zero-order valence-electron chi connectivity index (χ0n) is 15.8. The van der Waals surface area contributed by atoms with E-state index < -0.39 is 0 Å². The maximum atomic E-state index is 12.3. The van der Waals surface area contributed by atoms with Gasteiger partial charge in [0.2, 0.25) is 5.95 Å². The quantitative estimate of drug-likeness (QED) is 0.777. The number of nitrogens with one attached hydrogen (secondary N) is 1. The fourth-order valence-electron chi connectivity index (χ4n) is 2.88. The topological polar surface area (TPSA) is 56.1 Å². The average molecular weight is 331 g/mol. The molecule has 0 radical (unpaired) electrons. The number of fused-ring (bicyclic) bond motifs is 1. The molecular formula is C19H29N3O2. The van der Waals surface area contributed by atoms with Crippen molar-refractivity contribution in [3.8, 4) is 0 Å². The molecule has 0 aliphatic rings. The van der Waals surface area contributed by atoms with E-state index in [0.29, 0.717) is 12.2 Å². The van der Waals surface area contributed by atoms with Crippen molar-refractivity contribution in [2.75, 3.05) is 11.9 Å². The van der Waals surface area contributed by atoms with Gasteiger partial charge in [-0.1, -0.05) is 13.8 Å². The van der Waals surface area contributed by atoms with Crippen LogP contribution in [-0.4, -0.2) is 28.2 Å². The summed E-state index contributed by atoms with van der Waals surface area (Å²) in [6.45, 7) is 14.9. The molecule has 1 aromatic heterocycles. The molecule has 1 heterocycles. The smallest absolute Gasteiger partial charge is 0.338 e. The lowest BCUT2D eigenvalue weighted by atomic mass is 9.98. The van der Waals surface area contributed by atoms with Crippen molar-refractivity contribution in [1.29, 1.82) is 0 Å². The Bertz CT molecular complexity index is 730. The van der Waals surface area contributed by atoms with Gasteiger partial charge in [-0.3, -0.25) is 0 Å². The van der Waals surface area contributed by atoms with Crippen molar-refractivity contribution >= 4 is 23.0 Å². The van der Waals surface area contributed by atoms with E-state index >= 15 is 0 Å². The van der Waals surface area contributed by atoms with Crippen LogP contribution in [0, 0.1) is 0 Å². The Labute approximate surface area is 144 Å². The van der Waals surface area contributed by atoms with Gasteiger partial charge in [-0.25, -0.2) is 9.78 Å². The minimum atomic E-state index is -0.281. The number of ether oxygens (including phenoxy) is 1. The molecule has 0 aliphatic heterocycles. The van der Waals surface area contributed by atoms with E-state index in [4.69, 9.17) is 9.72 Å². The highest BCUT2D eigenvalue weighted by Crippen LogP contribution is 2.32. The standard InChI is InChI=1S/C19H29N3O2/c1-8-24-18(23)14-9-15(11(2)3)17-16(10-14)22(13(6)7)19(21-17)20-12(4)5/h9-13H,8H2,1-7H3,(H,20,21). The summed E-state index contributed by atoms with van der Waals surface area (Å²) in [6.07, 6.45) is 0. The van der Waals surface area contributed by atoms with Crippen LogP contribution in [0.4, 0.5) is 5.95 Å². The first-order valence-corrected chi connectivity index (χ1v) is 8.75. The van der Waals surface area contributed by atoms with Crippen LogP contribution in [0.2, 0.25) is 0 Å². The summed E-state index contributed by atoms with van der Waals surface area (Å²) in [6, 6.07) is 4.33. The van der Waals surface area contributed by atoms with E-state index in [2.05, 4.69) is 51.4 Å². The molecule has 0 aliphatic carbocycles. The summed E-state index contributed by atoms with van der Waals surface area (Å²) in [4.78, 5) is 17.1. The molecule has 0 unspecified atom stereocenters. The molecular weight excluding hydrogens is 302 g/mol. The second-order valence-corrected chi connectivity index (χ2v) is 7.01. The maximum Gasteiger partial charge on any atom is 0.338 e. The van der Waals surface area contributed by atoms with Crippen LogP contribution in [0.5, 0.6) is 0 Å². The summed E-state index contributed by atoms with van der Waals surface area (Å²) >= 11 is 0. The first-order chi connectivity index (χ1) is 11.3. The second-order valence-electron chi connectivity index (χ2n) is 7.01. The number of aromatic nitrogens is 2. The van der Waals surface area contributed by atoms with Gasteiger partial charge in [0, 0.05) is 12.1 Å². The Balaban J connectivity index is 2.75. The van der Waals surface area contributed by atoms with Crippen LogP contribution in [0.15, 0.2) is 12.1 Å². The molecule has 0 saturated carbocycles. The summed E-state index contributed by atoms with van der Waals surface area (Å²) in [7, 11) is 0. The number of rotatable bonds is 6. The van der Waals surface area contributed by atoms with Gasteiger partial charge in [0.1, 0.15) is 0 Å². The van der Waals surface area contributed by atoms with Crippen LogP contribution in [-0.2, 0) is 4.74 Å². The highest BCUT2D eigenvalue weighted by molar-refractivity contribution is 5.96. The monoisotopic (exact) mass is 331 g/mol. The van der Waals surface area contributed by atoms with Crippen molar-refractivity contribution in [1.82, 2.24) is 9.55 Å². The molecule has 0 atom stereocenters. The van der Waals surface area contributed by atoms with E-state index in [1.165, 1.54) is 0 Å². The van der Waals surface area contributed by atoms with Crippen LogP contribution >= 0.6 is 0 Å². The van der Waals surface area contributed by atoms with Gasteiger partial charge < -0.3 is 14.6 Å². The molecule has 132 valence electrons. The van der Waals surface area contributed by atoms with Gasteiger partial charge in [0.25, 0.3) is 0 Å². The Kier molecular flexibility index (Phi) is 5.52. The Hall–Kier alpha value is -2.04. The lowest BCUT2D eigenvalue weighted by Crippen LogP contribution is -2.15. The molecule has 1 N–H and O–H groups in total. The normalized spacial score (nSPS) is 11.8. The minimum absolute atomic E-state index is 0.230. The van der Waals surface area contributed by atoms with Gasteiger partial charge in [0.15, 0.2) is 0 Å². The Morgan fingerprint density at radius 3 is 2.38 bits per heavy atom. The maximum absolute atomic E-state index is 12.3. The summed E-state index contributed by atoms with van der Waals surface area (Å²) < 4.78 is 7.36. The Morgan fingerprint density at radius 2 is 1.88 bits per heavy atom. The lowest BCUT2D eigenvalue weighted by molar-refractivity contribution is 0.0526. The minimum Gasteiger partial charge on any atom is -0.462 e. The number of carbonyl (C=O) groups is 1. The molecule has 0 fully saturated rings. The first-order valence-electron chi connectivity index (χ1n) is 8.75. The first kappa shape index (κ1) is 18.3. The van der Waals surface area contributed by atoms with E-state index in [0.717, 1.165) is 22.5 Å². The van der Waals surface area contributed by atoms with Crippen molar-refractivity contribution in [2.45, 2.75) is 66.5 Å². The summed E-state index contributed by atoms with van der Waals surface area (Å²) in [5.74, 6) is 0.832. The molecule has 0 amide bonds. The van der Waals surface area contributed by atoms with Gasteiger partial charge in [0.05, 0.1) is 23.2 Å². The third-order valence-corrected chi connectivity index (χ3v) is 3.89. The van der Waals surface area contributed by atoms with Crippen molar-refractivity contribution in [3.63, 3.8) is 0 Å². The molecule has 24 heavy (non-hydrogen) atoms. The van der Waals surface area contributed by atoms with Crippen molar-refractivity contribution in [3.05, 3.63) is 23.3 Å². The number of esters is 1. The van der Waals surface area contributed by atoms with Gasteiger partial charge in [-0.05, 0) is 58.2 Å². The van der Waals surface area contributed by atoms with Crippen LogP contribution in [0.1, 0.15) is 76.3 Å². The van der Waals surface area contributed by atoms with Crippen molar-refractivity contribution in [2.24, 2.45) is 0 Å². The molecule has 1 aromatic carbocycles. The average Bonchev–Trinajstić information content (AvgIpc) is 2.82. The zero-order valence-corrected chi connectivity index (χ0v) is 15.8. The van der Waals surface area contributed by atoms with Gasteiger partial charge >= 0.3 is 5.97 Å². The second kappa shape index (κ2) is 7.24. The molecule has 0 bridgehead atoms. The predicted molar refractivity (Wildman–Crippen MR) is 98.9 cm³/mol. The van der Waals surface area contributed by atoms with E-state index in [-0.39, 0.29) is 24.0 Å². The third kappa shape index (κ3) is 3.55. The summed E-state index contributed by atoms with van der Waals surface area (Å²) in [5.41, 5.74) is 3.59. The third-order valence-electron chi connectivity index (χ3n) is 3.89. The van der Waals surface area contributed by atoms with Crippen LogP contribution in [0.25, 0.3) is 11.0 Å². The molecule has 0 saturated heterocycles. The number of nitrogens with zero attached hydrogens (tertiary/aromatic N) is 2. The van der Waals surface area contributed by atoms with Crippen LogP contribution < -0.4 is 5.32 Å². The van der Waals surface area contributed by atoms with Crippen molar-refractivity contribution < 1.29 is 9.53 Å². The highest BCUT2D eigenvalue weighted by atomic mass is 16.5. The number of imidazole rings is 1. The largest absolute Gasteiger partial charge is 0.462 e. The highest BCUT2D eigenvalue weighted by Gasteiger charge is 2.21. The van der Waals surface area contributed by atoms with Gasteiger partial charge in [-0.2, -0.15) is 0 Å². The Morgan fingerprint density at radius 1 is 1.21 bits per heavy atom. The number of benzene rings is 1. The lowest BCUT2D eigenvalue weighted by Gasteiger charge is -2.16. The molecule has 2 aromatic rings. The number of hydrogen-bond acceptors (Lipinski definition) is 4. The number of hydrogen-bond donors (Lipinski definition) is 1. The number of carbonyl (C=O) groups excluding carboxylic acids is 1. The van der Waals surface area contributed by atoms with Crippen LogP contribution in [0.3, 0.4) is 0 Å². The summed E-state index contributed by atoms with van der Waals surface area (Å²) in [5, 5.41) is 3.42. The van der Waals surface area contributed by atoms with E-state index in [1.807, 2.05) is 19.1 Å².